The molecule has 1 N–H and O–H groups in total. The highest BCUT2D eigenvalue weighted by molar-refractivity contribution is 6.34. The van der Waals surface area contributed by atoms with Gasteiger partial charge in [0.1, 0.15) is 12.4 Å². The van der Waals surface area contributed by atoms with Gasteiger partial charge in [-0.1, -0.05) is 23.2 Å². The summed E-state index contributed by atoms with van der Waals surface area (Å²) in [6.45, 7) is 4.30. The van der Waals surface area contributed by atoms with Gasteiger partial charge >= 0.3 is 0 Å². The van der Waals surface area contributed by atoms with Gasteiger partial charge in [-0.2, -0.15) is 0 Å². The van der Waals surface area contributed by atoms with E-state index in [9.17, 15) is 4.79 Å². The molecule has 19 heavy (non-hydrogen) atoms. The SMILES string of the molecule is CC(C)(CCl)C(=O)NCCOc1cc(Cl)cc(Cl)c1. The highest BCUT2D eigenvalue weighted by Crippen LogP contribution is 2.24. The summed E-state index contributed by atoms with van der Waals surface area (Å²) < 4.78 is 5.45. The van der Waals surface area contributed by atoms with Gasteiger partial charge in [0.05, 0.1) is 12.0 Å². The monoisotopic (exact) mass is 323 g/mol. The molecule has 1 aromatic rings. The van der Waals surface area contributed by atoms with Crippen molar-refractivity contribution in [2.24, 2.45) is 5.41 Å². The van der Waals surface area contributed by atoms with Crippen LogP contribution in [-0.4, -0.2) is 24.9 Å². The van der Waals surface area contributed by atoms with Crippen molar-refractivity contribution in [3.05, 3.63) is 28.2 Å². The maximum Gasteiger partial charge on any atom is 0.226 e. The lowest BCUT2D eigenvalue weighted by molar-refractivity contribution is -0.128. The molecule has 1 rings (SSSR count). The van der Waals surface area contributed by atoms with E-state index in [1.54, 1.807) is 32.0 Å². The van der Waals surface area contributed by atoms with Crippen LogP contribution in [-0.2, 0) is 4.79 Å². The number of alkyl halides is 1. The molecule has 3 nitrogen and oxygen atoms in total. The van der Waals surface area contributed by atoms with Crippen molar-refractivity contribution in [3.8, 4) is 5.75 Å². The predicted octanol–water partition coefficient (Wildman–Crippen LogP) is 3.75. The molecular weight excluding hydrogens is 309 g/mol. The third-order valence-electron chi connectivity index (χ3n) is 2.44. The Bertz CT molecular complexity index is 429. The zero-order valence-electron chi connectivity index (χ0n) is 10.8. The van der Waals surface area contributed by atoms with Gasteiger partial charge in [-0.15, -0.1) is 11.6 Å². The molecule has 0 saturated carbocycles. The molecule has 0 aliphatic rings. The van der Waals surface area contributed by atoms with E-state index in [2.05, 4.69) is 5.32 Å². The first-order valence-electron chi connectivity index (χ1n) is 5.78. The Morgan fingerprint density at radius 2 is 1.84 bits per heavy atom. The van der Waals surface area contributed by atoms with Crippen molar-refractivity contribution in [3.63, 3.8) is 0 Å². The number of nitrogens with one attached hydrogen (secondary N) is 1. The van der Waals surface area contributed by atoms with E-state index < -0.39 is 5.41 Å². The zero-order chi connectivity index (χ0) is 14.5. The Hall–Kier alpha value is -0.640. The standard InChI is InChI=1S/C13H16Cl3NO2/c1-13(2,8-14)12(18)17-3-4-19-11-6-9(15)5-10(16)7-11/h5-7H,3-4,8H2,1-2H3,(H,17,18). The lowest BCUT2D eigenvalue weighted by Crippen LogP contribution is -2.39. The Labute approximate surface area is 128 Å². The summed E-state index contributed by atoms with van der Waals surface area (Å²) in [4.78, 5) is 11.7. The number of rotatable bonds is 6. The fourth-order valence-corrected chi connectivity index (χ4v) is 1.87. The largest absolute Gasteiger partial charge is 0.492 e. The average molecular weight is 325 g/mol. The first-order chi connectivity index (χ1) is 8.85. The van der Waals surface area contributed by atoms with Crippen molar-refractivity contribution >= 4 is 40.7 Å². The number of halogens is 3. The number of hydrogen-bond acceptors (Lipinski definition) is 2. The van der Waals surface area contributed by atoms with Crippen LogP contribution in [0.5, 0.6) is 5.75 Å². The molecule has 0 spiro atoms. The normalized spacial score (nSPS) is 11.2. The van der Waals surface area contributed by atoms with Crippen molar-refractivity contribution in [2.75, 3.05) is 19.0 Å². The van der Waals surface area contributed by atoms with E-state index in [1.165, 1.54) is 0 Å². The van der Waals surface area contributed by atoms with Gasteiger partial charge in [0, 0.05) is 15.9 Å². The van der Waals surface area contributed by atoms with Crippen LogP contribution >= 0.6 is 34.8 Å². The Balaban J connectivity index is 2.37. The second-order valence-electron chi connectivity index (χ2n) is 4.73. The molecule has 0 aromatic heterocycles. The van der Waals surface area contributed by atoms with Gasteiger partial charge in [-0.05, 0) is 32.0 Å². The van der Waals surface area contributed by atoms with Crippen LogP contribution in [0.3, 0.4) is 0 Å². The number of carbonyl (C=O) groups excluding carboxylic acids is 1. The van der Waals surface area contributed by atoms with Gasteiger partial charge < -0.3 is 10.1 Å². The first kappa shape index (κ1) is 16.4. The lowest BCUT2D eigenvalue weighted by Gasteiger charge is -2.20. The highest BCUT2D eigenvalue weighted by atomic mass is 35.5. The number of carbonyl (C=O) groups is 1. The van der Waals surface area contributed by atoms with Gasteiger partial charge in [0.15, 0.2) is 0 Å². The van der Waals surface area contributed by atoms with Crippen LogP contribution in [0.15, 0.2) is 18.2 Å². The maximum absolute atomic E-state index is 11.7. The molecule has 106 valence electrons. The molecule has 0 aliphatic carbocycles. The number of ether oxygens (including phenoxy) is 1. The number of benzene rings is 1. The molecule has 1 aromatic carbocycles. The van der Waals surface area contributed by atoms with E-state index in [-0.39, 0.29) is 11.8 Å². The van der Waals surface area contributed by atoms with Gasteiger partial charge in [0.25, 0.3) is 0 Å². The lowest BCUT2D eigenvalue weighted by atomic mass is 9.95. The minimum atomic E-state index is -0.582. The molecule has 0 unspecified atom stereocenters. The second kappa shape index (κ2) is 7.22. The minimum absolute atomic E-state index is 0.102. The van der Waals surface area contributed by atoms with Crippen molar-refractivity contribution in [1.29, 1.82) is 0 Å². The third kappa shape index (κ3) is 5.47. The molecule has 0 radical (unpaired) electrons. The first-order valence-corrected chi connectivity index (χ1v) is 7.07. The van der Waals surface area contributed by atoms with Crippen LogP contribution < -0.4 is 10.1 Å². The number of amides is 1. The summed E-state index contributed by atoms with van der Waals surface area (Å²) >= 11 is 17.4. The molecule has 1 amide bonds. The summed E-state index contributed by atoms with van der Waals surface area (Å²) in [5, 5.41) is 3.78. The van der Waals surface area contributed by atoms with Crippen LogP contribution in [0, 0.1) is 5.41 Å². The van der Waals surface area contributed by atoms with E-state index in [4.69, 9.17) is 39.5 Å². The quantitative estimate of drug-likeness (QED) is 0.639. The molecule has 0 aliphatic heterocycles. The summed E-state index contributed by atoms with van der Waals surface area (Å²) in [6.07, 6.45) is 0. The zero-order valence-corrected chi connectivity index (χ0v) is 13.1. The minimum Gasteiger partial charge on any atom is -0.492 e. The van der Waals surface area contributed by atoms with Gasteiger partial charge in [-0.25, -0.2) is 0 Å². The topological polar surface area (TPSA) is 38.3 Å². The maximum atomic E-state index is 11.7. The van der Waals surface area contributed by atoms with E-state index in [0.29, 0.717) is 28.9 Å². The van der Waals surface area contributed by atoms with Gasteiger partial charge in [0.2, 0.25) is 5.91 Å². The van der Waals surface area contributed by atoms with Crippen LogP contribution in [0.2, 0.25) is 10.0 Å². The number of hydrogen-bond donors (Lipinski definition) is 1. The van der Waals surface area contributed by atoms with Crippen LogP contribution in [0.4, 0.5) is 0 Å². The Kier molecular flexibility index (Phi) is 6.24. The second-order valence-corrected chi connectivity index (χ2v) is 5.87. The molecule has 0 heterocycles. The third-order valence-corrected chi connectivity index (χ3v) is 3.55. The van der Waals surface area contributed by atoms with Crippen molar-refractivity contribution < 1.29 is 9.53 Å². The van der Waals surface area contributed by atoms with Crippen molar-refractivity contribution in [1.82, 2.24) is 5.32 Å². The Morgan fingerprint density at radius 3 is 2.37 bits per heavy atom. The molecule has 0 atom stereocenters. The van der Waals surface area contributed by atoms with Gasteiger partial charge in [-0.3, -0.25) is 4.79 Å². The van der Waals surface area contributed by atoms with Crippen molar-refractivity contribution in [2.45, 2.75) is 13.8 Å². The summed E-state index contributed by atoms with van der Waals surface area (Å²) in [5.74, 6) is 0.738. The van der Waals surface area contributed by atoms with E-state index >= 15 is 0 Å². The summed E-state index contributed by atoms with van der Waals surface area (Å²) in [5.41, 5.74) is -0.582. The molecule has 6 heteroatoms. The molecule has 0 bridgehead atoms. The fraction of sp³-hybridized carbons (Fsp3) is 0.462. The predicted molar refractivity (Wildman–Crippen MR) is 79.5 cm³/mol. The smallest absolute Gasteiger partial charge is 0.226 e. The summed E-state index contributed by atoms with van der Waals surface area (Å²) in [7, 11) is 0. The summed E-state index contributed by atoms with van der Waals surface area (Å²) in [6, 6.07) is 4.96. The Morgan fingerprint density at radius 1 is 1.26 bits per heavy atom. The molecular formula is C13H16Cl3NO2. The average Bonchev–Trinajstić information content (AvgIpc) is 2.33. The van der Waals surface area contributed by atoms with E-state index in [0.717, 1.165) is 0 Å². The highest BCUT2D eigenvalue weighted by Gasteiger charge is 2.25. The van der Waals surface area contributed by atoms with Crippen LogP contribution in [0.1, 0.15) is 13.8 Å². The van der Waals surface area contributed by atoms with E-state index in [1.807, 2.05) is 0 Å². The molecule has 0 saturated heterocycles. The molecule has 0 fully saturated rings. The fourth-order valence-electron chi connectivity index (χ4n) is 1.25. The van der Waals surface area contributed by atoms with Crippen LogP contribution in [0.25, 0.3) is 0 Å².